The van der Waals surface area contributed by atoms with Crippen LogP contribution in [-0.2, 0) is 26.2 Å². The van der Waals surface area contributed by atoms with Gasteiger partial charge >= 0.3 is 0 Å². The molecule has 0 spiro atoms. The SMILES string of the molecule is CC(C(=O)NC1CCCCC1)N(Cc1cccc(Br)c1)C(=O)CN(c1ccc(F)c(F)c1)S(C)(=O)=O. The molecule has 1 atom stereocenters. The van der Waals surface area contributed by atoms with Gasteiger partial charge in [-0.25, -0.2) is 17.2 Å². The molecule has 1 N–H and O–H groups in total. The number of carbonyl (C=O) groups excluding carboxylic acids is 2. The summed E-state index contributed by atoms with van der Waals surface area (Å²) < 4.78 is 53.8. The number of anilines is 1. The Kier molecular flexibility index (Phi) is 9.46. The summed E-state index contributed by atoms with van der Waals surface area (Å²) in [4.78, 5) is 27.9. The van der Waals surface area contributed by atoms with Crippen molar-refractivity contribution in [2.45, 2.75) is 57.7 Å². The molecular formula is C25H30BrF2N3O4S. The lowest BCUT2D eigenvalue weighted by atomic mass is 9.95. The molecule has 0 radical (unpaired) electrons. The first-order valence-electron chi connectivity index (χ1n) is 11.7. The molecule has 0 aliphatic heterocycles. The summed E-state index contributed by atoms with van der Waals surface area (Å²) in [5, 5.41) is 3.01. The topological polar surface area (TPSA) is 86.8 Å². The quantitative estimate of drug-likeness (QED) is 0.473. The highest BCUT2D eigenvalue weighted by molar-refractivity contribution is 9.10. The van der Waals surface area contributed by atoms with Gasteiger partial charge in [-0.15, -0.1) is 0 Å². The van der Waals surface area contributed by atoms with Gasteiger partial charge in [0.15, 0.2) is 11.6 Å². The van der Waals surface area contributed by atoms with Crippen molar-refractivity contribution in [3.63, 3.8) is 0 Å². The summed E-state index contributed by atoms with van der Waals surface area (Å²) in [5.41, 5.74) is 0.542. The average molecular weight is 586 g/mol. The lowest BCUT2D eigenvalue weighted by Crippen LogP contribution is -2.53. The fourth-order valence-corrected chi connectivity index (χ4v) is 5.53. The fraction of sp³-hybridized carbons (Fsp3) is 0.440. The maximum absolute atomic E-state index is 13.9. The van der Waals surface area contributed by atoms with E-state index in [-0.39, 0.29) is 24.2 Å². The molecule has 196 valence electrons. The molecule has 1 aliphatic rings. The van der Waals surface area contributed by atoms with Gasteiger partial charge in [-0.2, -0.15) is 0 Å². The van der Waals surface area contributed by atoms with Crippen molar-refractivity contribution >= 4 is 43.5 Å². The number of halogens is 3. The van der Waals surface area contributed by atoms with Crippen LogP contribution in [0, 0.1) is 11.6 Å². The van der Waals surface area contributed by atoms with Crippen molar-refractivity contribution in [1.82, 2.24) is 10.2 Å². The molecule has 2 aromatic carbocycles. The Labute approximate surface area is 219 Å². The van der Waals surface area contributed by atoms with Crippen molar-refractivity contribution in [2.75, 3.05) is 17.1 Å². The maximum Gasteiger partial charge on any atom is 0.244 e. The van der Waals surface area contributed by atoms with Gasteiger partial charge in [0.1, 0.15) is 12.6 Å². The van der Waals surface area contributed by atoms with E-state index in [0.29, 0.717) is 4.31 Å². The van der Waals surface area contributed by atoms with Gasteiger partial charge in [0.2, 0.25) is 21.8 Å². The van der Waals surface area contributed by atoms with Gasteiger partial charge in [0, 0.05) is 23.1 Å². The Bertz CT molecular complexity index is 1210. The van der Waals surface area contributed by atoms with Crippen LogP contribution in [0.5, 0.6) is 0 Å². The predicted octanol–water partition coefficient (Wildman–Crippen LogP) is 4.36. The van der Waals surface area contributed by atoms with E-state index < -0.39 is 40.2 Å². The van der Waals surface area contributed by atoms with Gasteiger partial charge in [0.05, 0.1) is 11.9 Å². The molecule has 0 bridgehead atoms. The molecule has 2 aromatic rings. The second-order valence-corrected chi connectivity index (χ2v) is 11.9. The highest BCUT2D eigenvalue weighted by Gasteiger charge is 2.31. The zero-order valence-electron chi connectivity index (χ0n) is 20.2. The predicted molar refractivity (Wildman–Crippen MR) is 138 cm³/mol. The van der Waals surface area contributed by atoms with Crippen LogP contribution < -0.4 is 9.62 Å². The number of rotatable bonds is 9. The van der Waals surface area contributed by atoms with Gasteiger partial charge in [-0.3, -0.25) is 13.9 Å². The van der Waals surface area contributed by atoms with Crippen LogP contribution in [0.15, 0.2) is 46.9 Å². The van der Waals surface area contributed by atoms with E-state index in [0.717, 1.165) is 66.6 Å². The molecule has 0 aromatic heterocycles. The molecule has 0 heterocycles. The standard InChI is InChI=1S/C25H30BrF2N3O4S/c1-17(25(33)29-20-9-4-3-5-10-20)30(15-18-7-6-8-19(26)13-18)24(32)16-31(36(2,34)35)21-11-12-22(27)23(28)14-21/h6-8,11-14,17,20H,3-5,9-10,15-16H2,1-2H3,(H,29,33). The van der Waals surface area contributed by atoms with Crippen molar-refractivity contribution in [2.24, 2.45) is 0 Å². The van der Waals surface area contributed by atoms with Gasteiger partial charge < -0.3 is 10.2 Å². The van der Waals surface area contributed by atoms with Crippen LogP contribution in [0.2, 0.25) is 0 Å². The zero-order valence-corrected chi connectivity index (χ0v) is 22.6. The van der Waals surface area contributed by atoms with Crippen LogP contribution in [0.3, 0.4) is 0 Å². The van der Waals surface area contributed by atoms with E-state index in [1.165, 1.54) is 4.90 Å². The summed E-state index contributed by atoms with van der Waals surface area (Å²) in [6, 6.07) is 8.95. The molecule has 1 fully saturated rings. The largest absolute Gasteiger partial charge is 0.352 e. The Hall–Kier alpha value is -2.53. The van der Waals surface area contributed by atoms with E-state index in [1.807, 2.05) is 6.07 Å². The van der Waals surface area contributed by atoms with Gasteiger partial charge in [-0.05, 0) is 49.6 Å². The Morgan fingerprint density at radius 2 is 1.78 bits per heavy atom. The third kappa shape index (κ3) is 7.49. The third-order valence-electron chi connectivity index (χ3n) is 6.23. The smallest absolute Gasteiger partial charge is 0.244 e. The highest BCUT2D eigenvalue weighted by atomic mass is 79.9. The highest BCUT2D eigenvalue weighted by Crippen LogP contribution is 2.23. The Morgan fingerprint density at radius 3 is 2.39 bits per heavy atom. The first-order valence-corrected chi connectivity index (χ1v) is 14.4. The third-order valence-corrected chi connectivity index (χ3v) is 7.86. The Morgan fingerprint density at radius 1 is 1.08 bits per heavy atom. The second-order valence-electron chi connectivity index (χ2n) is 9.04. The lowest BCUT2D eigenvalue weighted by molar-refractivity contribution is -0.139. The summed E-state index contributed by atoms with van der Waals surface area (Å²) in [7, 11) is -4.04. The van der Waals surface area contributed by atoms with Gasteiger partial charge in [0.25, 0.3) is 0 Å². The first-order chi connectivity index (χ1) is 17.0. The fourth-order valence-electron chi connectivity index (χ4n) is 4.24. The summed E-state index contributed by atoms with van der Waals surface area (Å²) in [6.07, 6.45) is 5.79. The van der Waals surface area contributed by atoms with Crippen LogP contribution in [0.1, 0.15) is 44.6 Å². The van der Waals surface area contributed by atoms with Gasteiger partial charge in [-0.1, -0.05) is 47.3 Å². The maximum atomic E-state index is 13.9. The number of carbonyl (C=O) groups is 2. The minimum absolute atomic E-state index is 0.0335. The first kappa shape index (κ1) is 28.0. The Balaban J connectivity index is 1.88. The lowest BCUT2D eigenvalue weighted by Gasteiger charge is -2.33. The zero-order chi connectivity index (χ0) is 26.5. The van der Waals surface area contributed by atoms with Crippen LogP contribution in [-0.4, -0.2) is 50.0 Å². The van der Waals surface area contributed by atoms with Crippen molar-refractivity contribution < 1.29 is 26.8 Å². The molecule has 1 saturated carbocycles. The van der Waals surface area contributed by atoms with E-state index >= 15 is 0 Å². The summed E-state index contributed by atoms with van der Waals surface area (Å²) in [5.74, 6) is -3.36. The molecule has 7 nitrogen and oxygen atoms in total. The minimum atomic E-state index is -4.04. The van der Waals surface area contributed by atoms with Crippen molar-refractivity contribution in [1.29, 1.82) is 0 Å². The van der Waals surface area contributed by atoms with Crippen LogP contribution in [0.4, 0.5) is 14.5 Å². The average Bonchev–Trinajstić information content (AvgIpc) is 2.82. The molecule has 1 unspecified atom stereocenters. The number of nitrogens with zero attached hydrogens (tertiary/aromatic N) is 2. The number of sulfonamides is 1. The number of amides is 2. The van der Waals surface area contributed by atoms with Crippen molar-refractivity contribution in [3.05, 3.63) is 64.1 Å². The van der Waals surface area contributed by atoms with E-state index in [2.05, 4.69) is 21.2 Å². The molecule has 0 saturated heterocycles. The molecule has 11 heteroatoms. The number of nitrogens with one attached hydrogen (secondary N) is 1. The van der Waals surface area contributed by atoms with Crippen molar-refractivity contribution in [3.8, 4) is 0 Å². The molecule has 2 amide bonds. The minimum Gasteiger partial charge on any atom is -0.352 e. The molecule has 3 rings (SSSR count). The van der Waals surface area contributed by atoms with E-state index in [9.17, 15) is 26.8 Å². The van der Waals surface area contributed by atoms with E-state index in [1.54, 1.807) is 25.1 Å². The number of hydrogen-bond acceptors (Lipinski definition) is 4. The normalized spacial score (nSPS) is 15.2. The molecule has 1 aliphatic carbocycles. The monoisotopic (exact) mass is 585 g/mol. The van der Waals surface area contributed by atoms with Crippen LogP contribution in [0.25, 0.3) is 0 Å². The summed E-state index contributed by atoms with van der Waals surface area (Å²) >= 11 is 3.39. The molecular weight excluding hydrogens is 556 g/mol. The number of benzene rings is 2. The van der Waals surface area contributed by atoms with Crippen LogP contribution >= 0.6 is 15.9 Å². The van der Waals surface area contributed by atoms with E-state index in [4.69, 9.17) is 0 Å². The molecule has 36 heavy (non-hydrogen) atoms. The number of hydrogen-bond donors (Lipinski definition) is 1. The summed E-state index contributed by atoms with van der Waals surface area (Å²) in [6.45, 7) is 0.961. The second kappa shape index (κ2) is 12.1.